The molecule has 3 rings (SSSR count). The lowest BCUT2D eigenvalue weighted by molar-refractivity contribution is -0.130. The smallest absolute Gasteiger partial charge is 0.246 e. The molecule has 96 valence electrons. The van der Waals surface area contributed by atoms with Crippen LogP contribution in [-0.2, 0) is 9.59 Å². The lowest BCUT2D eigenvalue weighted by atomic mass is 10.1. The number of rotatable bonds is 1. The van der Waals surface area contributed by atoms with Crippen molar-refractivity contribution in [1.82, 2.24) is 15.5 Å². The lowest BCUT2D eigenvalue weighted by Crippen LogP contribution is -2.51. The van der Waals surface area contributed by atoms with Crippen LogP contribution in [0.25, 0.3) is 10.8 Å². The number of hydrogen-bond acceptors (Lipinski definition) is 5. The third kappa shape index (κ3) is 2.10. The van der Waals surface area contributed by atoms with Gasteiger partial charge in [-0.1, -0.05) is 35.9 Å². The summed E-state index contributed by atoms with van der Waals surface area (Å²) >= 11 is 5.99. The van der Waals surface area contributed by atoms with Crippen molar-refractivity contribution in [3.8, 4) is 0 Å². The van der Waals surface area contributed by atoms with Crippen molar-refractivity contribution < 1.29 is 9.59 Å². The molecule has 1 N–H and O–H groups in total. The van der Waals surface area contributed by atoms with Gasteiger partial charge >= 0.3 is 0 Å². The first-order valence-electron chi connectivity index (χ1n) is 5.63. The van der Waals surface area contributed by atoms with Crippen LogP contribution >= 0.6 is 11.6 Å². The molecular formula is C12H9ClN4O2. The predicted octanol–water partition coefficient (Wildman–Crippen LogP) is 0.746. The van der Waals surface area contributed by atoms with E-state index >= 15 is 0 Å². The summed E-state index contributed by atoms with van der Waals surface area (Å²) in [5.41, 5.74) is 0. The number of piperazine rings is 1. The fraction of sp³-hybridized carbons (Fsp3) is 0.167. The van der Waals surface area contributed by atoms with Gasteiger partial charge in [0, 0.05) is 10.8 Å². The summed E-state index contributed by atoms with van der Waals surface area (Å²) < 4.78 is 0. The summed E-state index contributed by atoms with van der Waals surface area (Å²) in [6, 6.07) is 7.34. The molecule has 2 aromatic rings. The molecule has 1 aromatic heterocycles. The molecule has 1 aliphatic heterocycles. The third-order valence-corrected chi connectivity index (χ3v) is 3.15. The Balaban J connectivity index is 2.12. The zero-order valence-corrected chi connectivity index (χ0v) is 10.5. The quantitative estimate of drug-likeness (QED) is 0.778. The van der Waals surface area contributed by atoms with Gasteiger partial charge in [-0.3, -0.25) is 14.9 Å². The molecule has 19 heavy (non-hydrogen) atoms. The minimum Gasteiger partial charge on any atom is -0.336 e. The summed E-state index contributed by atoms with van der Waals surface area (Å²) in [7, 11) is 0. The highest BCUT2D eigenvalue weighted by atomic mass is 35.5. The minimum absolute atomic E-state index is 0.0754. The van der Waals surface area contributed by atoms with Gasteiger partial charge in [-0.25, -0.2) is 0 Å². The van der Waals surface area contributed by atoms with E-state index in [4.69, 9.17) is 11.6 Å². The minimum atomic E-state index is -0.350. The van der Waals surface area contributed by atoms with Crippen LogP contribution in [0.15, 0.2) is 24.3 Å². The number of hydrogen-bond donors (Lipinski definition) is 1. The number of halogens is 1. The lowest BCUT2D eigenvalue weighted by Gasteiger charge is -2.26. The van der Waals surface area contributed by atoms with E-state index in [0.717, 1.165) is 10.8 Å². The number of anilines is 1. The zero-order valence-electron chi connectivity index (χ0n) is 9.76. The molecule has 1 aromatic carbocycles. The van der Waals surface area contributed by atoms with Gasteiger partial charge in [0.1, 0.15) is 0 Å². The van der Waals surface area contributed by atoms with Crippen LogP contribution in [0.5, 0.6) is 0 Å². The molecule has 0 spiro atoms. The number of imide groups is 1. The van der Waals surface area contributed by atoms with E-state index < -0.39 is 0 Å². The highest BCUT2D eigenvalue weighted by Crippen LogP contribution is 2.28. The van der Waals surface area contributed by atoms with Gasteiger partial charge in [0.2, 0.25) is 11.8 Å². The second kappa shape index (κ2) is 4.47. The van der Waals surface area contributed by atoms with Crippen molar-refractivity contribution in [2.45, 2.75) is 0 Å². The van der Waals surface area contributed by atoms with Gasteiger partial charge in [-0.2, -0.15) is 0 Å². The van der Waals surface area contributed by atoms with E-state index in [1.165, 1.54) is 0 Å². The van der Waals surface area contributed by atoms with E-state index in [1.54, 1.807) is 4.90 Å². The van der Waals surface area contributed by atoms with E-state index in [-0.39, 0.29) is 24.9 Å². The largest absolute Gasteiger partial charge is 0.336 e. The molecule has 0 unspecified atom stereocenters. The molecule has 1 saturated heterocycles. The van der Waals surface area contributed by atoms with E-state index in [2.05, 4.69) is 15.5 Å². The molecular weight excluding hydrogens is 268 g/mol. The van der Waals surface area contributed by atoms with Crippen molar-refractivity contribution in [2.75, 3.05) is 18.0 Å². The Morgan fingerprint density at radius 1 is 1.05 bits per heavy atom. The normalized spacial score (nSPS) is 15.7. The molecule has 6 nitrogen and oxygen atoms in total. The van der Waals surface area contributed by atoms with E-state index in [9.17, 15) is 9.59 Å². The second-order valence-electron chi connectivity index (χ2n) is 4.19. The maximum atomic E-state index is 11.4. The van der Waals surface area contributed by atoms with E-state index in [0.29, 0.717) is 11.0 Å². The van der Waals surface area contributed by atoms with Crippen LogP contribution in [0.3, 0.4) is 0 Å². The van der Waals surface area contributed by atoms with Crippen molar-refractivity contribution in [3.63, 3.8) is 0 Å². The van der Waals surface area contributed by atoms with Crippen LogP contribution in [0.1, 0.15) is 0 Å². The first-order valence-corrected chi connectivity index (χ1v) is 6.01. The molecule has 1 fully saturated rings. The van der Waals surface area contributed by atoms with Gasteiger partial charge in [0.15, 0.2) is 11.0 Å². The fourth-order valence-corrected chi connectivity index (χ4v) is 2.28. The molecule has 0 saturated carbocycles. The maximum absolute atomic E-state index is 11.4. The van der Waals surface area contributed by atoms with Crippen molar-refractivity contribution in [1.29, 1.82) is 0 Å². The number of amides is 2. The average Bonchev–Trinajstić information content (AvgIpc) is 2.38. The van der Waals surface area contributed by atoms with Gasteiger partial charge in [-0.05, 0) is 0 Å². The Bertz CT molecular complexity index is 672. The van der Waals surface area contributed by atoms with Crippen LogP contribution in [0.4, 0.5) is 5.82 Å². The highest BCUT2D eigenvalue weighted by Gasteiger charge is 2.25. The van der Waals surface area contributed by atoms with Gasteiger partial charge in [0.25, 0.3) is 0 Å². The summed E-state index contributed by atoms with van der Waals surface area (Å²) in [6.07, 6.45) is 0. The molecule has 2 amide bonds. The molecule has 0 aliphatic carbocycles. The van der Waals surface area contributed by atoms with Crippen LogP contribution in [0, 0.1) is 0 Å². The molecule has 0 atom stereocenters. The predicted molar refractivity (Wildman–Crippen MR) is 69.9 cm³/mol. The number of benzene rings is 1. The summed E-state index contributed by atoms with van der Waals surface area (Å²) in [5, 5.41) is 11.9. The van der Waals surface area contributed by atoms with E-state index in [1.807, 2.05) is 24.3 Å². The van der Waals surface area contributed by atoms with Gasteiger partial charge < -0.3 is 4.90 Å². The molecule has 0 radical (unpaired) electrons. The second-order valence-corrected chi connectivity index (χ2v) is 4.55. The standard InChI is InChI=1S/C12H9ClN4O2/c13-11-7-3-1-2-4-8(7)12(16-15-11)17-5-9(18)14-10(19)6-17/h1-4H,5-6H2,(H,14,18,19). The fourth-order valence-electron chi connectivity index (χ4n) is 2.08. The Morgan fingerprint density at radius 3 is 2.37 bits per heavy atom. The van der Waals surface area contributed by atoms with Crippen molar-refractivity contribution in [2.24, 2.45) is 0 Å². The Labute approximate surface area is 113 Å². The van der Waals surface area contributed by atoms with Crippen LogP contribution < -0.4 is 10.2 Å². The van der Waals surface area contributed by atoms with Crippen molar-refractivity contribution in [3.05, 3.63) is 29.4 Å². The average molecular weight is 277 g/mol. The number of carbonyl (C=O) groups excluding carboxylic acids is 2. The topological polar surface area (TPSA) is 75.2 Å². The Hall–Kier alpha value is -2.21. The third-order valence-electron chi connectivity index (χ3n) is 2.87. The molecule has 1 aliphatic rings. The summed E-state index contributed by atoms with van der Waals surface area (Å²) in [4.78, 5) is 24.4. The molecule has 0 bridgehead atoms. The van der Waals surface area contributed by atoms with Crippen molar-refractivity contribution >= 4 is 40.0 Å². The number of aromatic nitrogens is 2. The Kier molecular flexibility index (Phi) is 2.79. The highest BCUT2D eigenvalue weighted by molar-refractivity contribution is 6.34. The van der Waals surface area contributed by atoms with Crippen LogP contribution in [0.2, 0.25) is 5.15 Å². The SMILES string of the molecule is O=C1CN(c2nnc(Cl)c3ccccc23)CC(=O)N1. The van der Waals surface area contributed by atoms with Crippen LogP contribution in [-0.4, -0.2) is 35.1 Å². The maximum Gasteiger partial charge on any atom is 0.246 e. The number of fused-ring (bicyclic) bond motifs is 1. The number of nitrogens with one attached hydrogen (secondary N) is 1. The number of nitrogens with zero attached hydrogens (tertiary/aromatic N) is 3. The first kappa shape index (κ1) is 11.9. The monoisotopic (exact) mass is 276 g/mol. The van der Waals surface area contributed by atoms with Gasteiger partial charge in [-0.15, -0.1) is 10.2 Å². The molecule has 7 heteroatoms. The first-order chi connectivity index (χ1) is 9.15. The zero-order chi connectivity index (χ0) is 13.4. The number of carbonyl (C=O) groups is 2. The summed E-state index contributed by atoms with van der Waals surface area (Å²) in [5.74, 6) is -0.211. The Morgan fingerprint density at radius 2 is 1.68 bits per heavy atom. The molecule has 2 heterocycles. The summed E-state index contributed by atoms with van der Waals surface area (Å²) in [6.45, 7) is 0.151. The van der Waals surface area contributed by atoms with Gasteiger partial charge in [0.05, 0.1) is 13.1 Å².